The number of carbonyl (C=O) groups is 1. The molecule has 0 aromatic heterocycles. The fourth-order valence-electron chi connectivity index (χ4n) is 3.12. The second-order valence-corrected chi connectivity index (χ2v) is 6.56. The summed E-state index contributed by atoms with van der Waals surface area (Å²) in [5.41, 5.74) is 1.02. The molecule has 0 radical (unpaired) electrons. The summed E-state index contributed by atoms with van der Waals surface area (Å²) < 4.78 is 0. The smallest absolute Gasteiger partial charge is 0.173 e. The standard InChI is InChI=1S/C17H24N4OS/c22-16(15-7-4-8-18-15)13-20-9-11-21(12-10-20)17(23)19-14-5-2-1-3-6-14/h1-3,5-6,15,18H,4,7-13H2,(H,19,23)/t15-/m0/s1. The summed E-state index contributed by atoms with van der Waals surface area (Å²) in [4.78, 5) is 16.6. The van der Waals surface area contributed by atoms with Crippen molar-refractivity contribution in [1.29, 1.82) is 0 Å². The van der Waals surface area contributed by atoms with E-state index in [-0.39, 0.29) is 6.04 Å². The molecule has 0 spiro atoms. The SMILES string of the molecule is O=C(CN1CCN(C(=S)Nc2ccccc2)CC1)[C@@H]1CCCN1. The van der Waals surface area contributed by atoms with Gasteiger partial charge in [-0.3, -0.25) is 9.69 Å². The van der Waals surface area contributed by atoms with Crippen LogP contribution in [0.1, 0.15) is 12.8 Å². The van der Waals surface area contributed by atoms with E-state index in [2.05, 4.69) is 20.4 Å². The Kier molecular flexibility index (Phi) is 5.59. The van der Waals surface area contributed by atoms with E-state index < -0.39 is 0 Å². The van der Waals surface area contributed by atoms with Crippen LogP contribution in [0.25, 0.3) is 0 Å². The Morgan fingerprint density at radius 2 is 1.96 bits per heavy atom. The highest BCUT2D eigenvalue weighted by atomic mass is 32.1. The molecule has 6 heteroatoms. The third-order valence-corrected chi connectivity index (χ3v) is 4.87. The van der Waals surface area contributed by atoms with Gasteiger partial charge in [0.25, 0.3) is 0 Å². The maximum atomic E-state index is 12.2. The van der Waals surface area contributed by atoms with E-state index in [9.17, 15) is 4.79 Å². The van der Waals surface area contributed by atoms with Gasteiger partial charge in [0.2, 0.25) is 0 Å². The Morgan fingerprint density at radius 3 is 2.61 bits per heavy atom. The van der Waals surface area contributed by atoms with Crippen LogP contribution >= 0.6 is 12.2 Å². The molecule has 0 aliphatic carbocycles. The van der Waals surface area contributed by atoms with Gasteiger partial charge >= 0.3 is 0 Å². The number of anilines is 1. The van der Waals surface area contributed by atoms with Crippen molar-refractivity contribution in [3.05, 3.63) is 30.3 Å². The number of hydrogen-bond donors (Lipinski definition) is 2. The molecular weight excluding hydrogens is 308 g/mol. The maximum absolute atomic E-state index is 12.2. The number of rotatable bonds is 4. The van der Waals surface area contributed by atoms with Gasteiger partial charge in [0.15, 0.2) is 10.9 Å². The van der Waals surface area contributed by atoms with Crippen LogP contribution in [0.5, 0.6) is 0 Å². The van der Waals surface area contributed by atoms with Crippen LogP contribution in [0, 0.1) is 0 Å². The third kappa shape index (κ3) is 4.50. The molecule has 1 aromatic carbocycles. The van der Waals surface area contributed by atoms with Crippen LogP contribution < -0.4 is 10.6 Å². The van der Waals surface area contributed by atoms with Crippen LogP contribution in [-0.4, -0.2) is 66.0 Å². The van der Waals surface area contributed by atoms with Crippen molar-refractivity contribution in [2.75, 3.05) is 44.6 Å². The highest BCUT2D eigenvalue weighted by molar-refractivity contribution is 7.80. The van der Waals surface area contributed by atoms with E-state index in [0.29, 0.717) is 12.3 Å². The zero-order valence-electron chi connectivity index (χ0n) is 13.3. The molecule has 0 amide bonds. The van der Waals surface area contributed by atoms with Crippen molar-refractivity contribution in [1.82, 2.24) is 15.1 Å². The summed E-state index contributed by atoms with van der Waals surface area (Å²) in [5.74, 6) is 0.334. The number of para-hydroxylation sites is 1. The molecular formula is C17H24N4OS. The summed E-state index contributed by atoms with van der Waals surface area (Å²) in [6.45, 7) is 5.03. The summed E-state index contributed by atoms with van der Waals surface area (Å²) in [5, 5.41) is 7.32. The Morgan fingerprint density at radius 1 is 1.22 bits per heavy atom. The van der Waals surface area contributed by atoms with Gasteiger partial charge in [0.1, 0.15) is 0 Å². The maximum Gasteiger partial charge on any atom is 0.173 e. The summed E-state index contributed by atoms with van der Waals surface area (Å²) in [6.07, 6.45) is 2.10. The van der Waals surface area contributed by atoms with Crippen molar-refractivity contribution in [3.8, 4) is 0 Å². The van der Waals surface area contributed by atoms with Gasteiger partial charge in [-0.2, -0.15) is 0 Å². The molecule has 2 heterocycles. The van der Waals surface area contributed by atoms with E-state index in [1.807, 2.05) is 30.3 Å². The molecule has 2 aliphatic heterocycles. The normalized spacial score (nSPS) is 22.1. The van der Waals surface area contributed by atoms with E-state index in [0.717, 1.165) is 56.4 Å². The lowest BCUT2D eigenvalue weighted by atomic mass is 10.1. The number of Topliss-reactive ketones (excluding diaryl/α,β-unsaturated/α-hetero) is 1. The van der Waals surface area contributed by atoms with E-state index in [1.165, 1.54) is 0 Å². The average molecular weight is 332 g/mol. The van der Waals surface area contributed by atoms with Gasteiger partial charge in [-0.05, 0) is 43.7 Å². The van der Waals surface area contributed by atoms with Gasteiger partial charge in [0.05, 0.1) is 12.6 Å². The van der Waals surface area contributed by atoms with Gasteiger partial charge in [-0.25, -0.2) is 0 Å². The molecule has 5 nitrogen and oxygen atoms in total. The Balaban J connectivity index is 1.42. The van der Waals surface area contributed by atoms with Gasteiger partial charge in [-0.1, -0.05) is 18.2 Å². The first-order valence-electron chi connectivity index (χ1n) is 8.32. The lowest BCUT2D eigenvalue weighted by Crippen LogP contribution is -2.52. The van der Waals surface area contributed by atoms with Gasteiger partial charge < -0.3 is 15.5 Å². The second-order valence-electron chi connectivity index (χ2n) is 6.17. The largest absolute Gasteiger partial charge is 0.346 e. The molecule has 3 rings (SSSR count). The number of nitrogens with zero attached hydrogens (tertiary/aromatic N) is 2. The minimum Gasteiger partial charge on any atom is -0.346 e. The van der Waals surface area contributed by atoms with Crippen molar-refractivity contribution in [2.24, 2.45) is 0 Å². The van der Waals surface area contributed by atoms with Crippen LogP contribution in [0.3, 0.4) is 0 Å². The number of thiocarbonyl (C=S) groups is 1. The quantitative estimate of drug-likeness (QED) is 0.811. The molecule has 2 aliphatic rings. The fourth-order valence-corrected chi connectivity index (χ4v) is 3.42. The zero-order valence-corrected chi connectivity index (χ0v) is 14.1. The van der Waals surface area contributed by atoms with Crippen LogP contribution in [0.2, 0.25) is 0 Å². The van der Waals surface area contributed by atoms with Gasteiger partial charge in [0, 0.05) is 31.9 Å². The number of piperazine rings is 1. The van der Waals surface area contributed by atoms with Crippen LogP contribution in [0.4, 0.5) is 5.69 Å². The zero-order chi connectivity index (χ0) is 16.1. The molecule has 23 heavy (non-hydrogen) atoms. The van der Waals surface area contributed by atoms with Crippen molar-refractivity contribution >= 4 is 28.8 Å². The Labute approximate surface area is 143 Å². The minimum absolute atomic E-state index is 0.0776. The average Bonchev–Trinajstić information content (AvgIpc) is 3.11. The van der Waals surface area contributed by atoms with Crippen molar-refractivity contribution < 1.29 is 4.79 Å². The number of hydrogen-bond acceptors (Lipinski definition) is 4. The first-order valence-corrected chi connectivity index (χ1v) is 8.72. The number of ketones is 1. The number of carbonyl (C=O) groups excluding carboxylic acids is 1. The lowest BCUT2D eigenvalue weighted by molar-refractivity contribution is -0.122. The van der Waals surface area contributed by atoms with Crippen LogP contribution in [0.15, 0.2) is 30.3 Å². The highest BCUT2D eigenvalue weighted by Crippen LogP contribution is 2.11. The fraction of sp³-hybridized carbons (Fsp3) is 0.529. The molecule has 0 bridgehead atoms. The molecule has 124 valence electrons. The van der Waals surface area contributed by atoms with Crippen molar-refractivity contribution in [2.45, 2.75) is 18.9 Å². The predicted molar refractivity (Wildman–Crippen MR) is 96.7 cm³/mol. The number of nitrogens with one attached hydrogen (secondary N) is 2. The first kappa shape index (κ1) is 16.4. The lowest BCUT2D eigenvalue weighted by Gasteiger charge is -2.36. The van der Waals surface area contributed by atoms with Gasteiger partial charge in [-0.15, -0.1) is 0 Å². The number of benzene rings is 1. The summed E-state index contributed by atoms with van der Waals surface area (Å²) in [6, 6.07) is 10.1. The Bertz CT molecular complexity index is 537. The monoisotopic (exact) mass is 332 g/mol. The van der Waals surface area contributed by atoms with E-state index in [1.54, 1.807) is 0 Å². The molecule has 1 aromatic rings. The molecule has 0 unspecified atom stereocenters. The third-order valence-electron chi connectivity index (χ3n) is 4.51. The highest BCUT2D eigenvalue weighted by Gasteiger charge is 2.26. The van der Waals surface area contributed by atoms with E-state index >= 15 is 0 Å². The van der Waals surface area contributed by atoms with Crippen LogP contribution in [-0.2, 0) is 4.79 Å². The minimum atomic E-state index is 0.0776. The molecule has 2 fully saturated rings. The molecule has 0 saturated carbocycles. The summed E-state index contributed by atoms with van der Waals surface area (Å²) >= 11 is 5.49. The topological polar surface area (TPSA) is 47.6 Å². The summed E-state index contributed by atoms with van der Waals surface area (Å²) in [7, 11) is 0. The Hall–Kier alpha value is -1.50. The second kappa shape index (κ2) is 7.86. The predicted octanol–water partition coefficient (Wildman–Crippen LogP) is 1.32. The van der Waals surface area contributed by atoms with E-state index in [4.69, 9.17) is 12.2 Å². The van der Waals surface area contributed by atoms with Crippen molar-refractivity contribution in [3.63, 3.8) is 0 Å². The molecule has 2 saturated heterocycles. The first-order chi connectivity index (χ1) is 11.2. The molecule has 2 N–H and O–H groups in total. The molecule has 1 atom stereocenters.